The molecule has 31 heavy (non-hydrogen) atoms. The second-order valence-corrected chi connectivity index (χ2v) is 8.46. The summed E-state index contributed by atoms with van der Waals surface area (Å²) in [6, 6.07) is 17.6. The average molecular weight is 441 g/mol. The Balaban J connectivity index is 1.59. The standard InChI is InChI=1S/C22H20FN3O4S/c1-15(27)25-19-10-12-21(13-11-19)31(29,30)24-14-16-2-4-17(5-3-16)22(28)26-20-8-6-18(23)7-9-20/h2-13,24H,14H2,1H3,(H,25,27)(H,26,28). The average Bonchev–Trinajstić information content (AvgIpc) is 2.74. The number of anilines is 2. The molecule has 0 aliphatic carbocycles. The van der Waals surface area contributed by atoms with Crippen molar-refractivity contribution < 1.29 is 22.4 Å². The third kappa shape index (κ3) is 6.21. The number of hydrogen-bond donors (Lipinski definition) is 3. The van der Waals surface area contributed by atoms with Crippen LogP contribution in [0, 0.1) is 5.82 Å². The lowest BCUT2D eigenvalue weighted by Crippen LogP contribution is -2.23. The maximum atomic E-state index is 12.9. The van der Waals surface area contributed by atoms with Gasteiger partial charge in [0.25, 0.3) is 5.91 Å². The first kappa shape index (κ1) is 22.1. The maximum absolute atomic E-state index is 12.9. The van der Waals surface area contributed by atoms with E-state index in [0.29, 0.717) is 22.5 Å². The smallest absolute Gasteiger partial charge is 0.255 e. The molecule has 0 unspecified atom stereocenters. The van der Waals surface area contributed by atoms with Crippen LogP contribution < -0.4 is 15.4 Å². The number of halogens is 1. The van der Waals surface area contributed by atoms with Gasteiger partial charge >= 0.3 is 0 Å². The van der Waals surface area contributed by atoms with E-state index < -0.39 is 15.8 Å². The molecule has 3 aromatic carbocycles. The van der Waals surface area contributed by atoms with E-state index in [0.717, 1.165) is 0 Å². The largest absolute Gasteiger partial charge is 0.326 e. The number of nitrogens with one attached hydrogen (secondary N) is 3. The minimum atomic E-state index is -3.75. The van der Waals surface area contributed by atoms with Crippen LogP contribution in [0.2, 0.25) is 0 Å². The van der Waals surface area contributed by atoms with Gasteiger partial charge in [0.05, 0.1) is 4.90 Å². The summed E-state index contributed by atoms with van der Waals surface area (Å²) in [5.41, 5.74) is 2.01. The fourth-order valence-electron chi connectivity index (χ4n) is 2.69. The van der Waals surface area contributed by atoms with Crippen LogP contribution in [0.5, 0.6) is 0 Å². The number of hydrogen-bond acceptors (Lipinski definition) is 4. The van der Waals surface area contributed by atoms with Gasteiger partial charge in [0, 0.05) is 30.4 Å². The van der Waals surface area contributed by atoms with Crippen molar-refractivity contribution in [3.8, 4) is 0 Å². The summed E-state index contributed by atoms with van der Waals surface area (Å²) >= 11 is 0. The van der Waals surface area contributed by atoms with Crippen LogP contribution in [0.25, 0.3) is 0 Å². The summed E-state index contributed by atoms with van der Waals surface area (Å²) in [7, 11) is -3.75. The van der Waals surface area contributed by atoms with Crippen molar-refractivity contribution in [1.29, 1.82) is 0 Å². The van der Waals surface area contributed by atoms with E-state index in [1.165, 1.54) is 55.5 Å². The van der Waals surface area contributed by atoms with Crippen LogP contribution >= 0.6 is 0 Å². The molecule has 3 aromatic rings. The van der Waals surface area contributed by atoms with Gasteiger partial charge in [-0.3, -0.25) is 9.59 Å². The second kappa shape index (κ2) is 9.50. The molecular weight excluding hydrogens is 421 g/mol. The summed E-state index contributed by atoms with van der Waals surface area (Å²) in [6.45, 7) is 1.40. The topological polar surface area (TPSA) is 104 Å². The Kier molecular flexibility index (Phi) is 6.78. The van der Waals surface area contributed by atoms with E-state index in [1.54, 1.807) is 24.3 Å². The molecule has 3 rings (SSSR count). The molecule has 2 amide bonds. The van der Waals surface area contributed by atoms with Crippen LogP contribution in [0.4, 0.5) is 15.8 Å². The van der Waals surface area contributed by atoms with Crippen molar-refractivity contribution in [3.63, 3.8) is 0 Å². The van der Waals surface area contributed by atoms with E-state index >= 15 is 0 Å². The molecule has 0 fully saturated rings. The van der Waals surface area contributed by atoms with Crippen LogP contribution in [-0.4, -0.2) is 20.2 Å². The van der Waals surface area contributed by atoms with Crippen molar-refractivity contribution in [3.05, 3.63) is 89.7 Å². The molecule has 0 aliphatic rings. The third-order valence-corrected chi connectivity index (χ3v) is 5.69. The molecule has 0 aliphatic heterocycles. The highest BCUT2D eigenvalue weighted by molar-refractivity contribution is 7.89. The predicted octanol–water partition coefficient (Wildman–Crippen LogP) is 3.51. The predicted molar refractivity (Wildman–Crippen MR) is 116 cm³/mol. The van der Waals surface area contributed by atoms with Gasteiger partial charge in [-0.15, -0.1) is 0 Å². The Hall–Kier alpha value is -3.56. The molecule has 0 saturated carbocycles. The number of carbonyl (C=O) groups excluding carboxylic acids is 2. The summed E-state index contributed by atoms with van der Waals surface area (Å²) in [4.78, 5) is 23.4. The SMILES string of the molecule is CC(=O)Nc1ccc(S(=O)(=O)NCc2ccc(C(=O)Nc3ccc(F)cc3)cc2)cc1. The quantitative estimate of drug-likeness (QED) is 0.522. The van der Waals surface area contributed by atoms with Crippen LogP contribution in [-0.2, 0) is 21.4 Å². The Bertz CT molecular complexity index is 1180. The molecule has 0 heterocycles. The Morgan fingerprint density at radius 2 is 1.35 bits per heavy atom. The fraction of sp³-hybridized carbons (Fsp3) is 0.0909. The zero-order valence-electron chi connectivity index (χ0n) is 16.6. The summed E-state index contributed by atoms with van der Waals surface area (Å²) in [5.74, 6) is -1.00. The lowest BCUT2D eigenvalue weighted by molar-refractivity contribution is -0.114. The van der Waals surface area contributed by atoms with Crippen LogP contribution in [0.3, 0.4) is 0 Å². The zero-order chi connectivity index (χ0) is 22.4. The van der Waals surface area contributed by atoms with Crippen molar-refractivity contribution >= 4 is 33.2 Å². The Labute approximate surface area is 179 Å². The fourth-order valence-corrected chi connectivity index (χ4v) is 3.71. The molecule has 0 atom stereocenters. The number of benzene rings is 3. The molecule has 0 radical (unpaired) electrons. The number of rotatable bonds is 7. The number of amides is 2. The van der Waals surface area contributed by atoms with Crippen LogP contribution in [0.15, 0.2) is 77.7 Å². The molecule has 0 spiro atoms. The number of carbonyl (C=O) groups is 2. The molecular formula is C22H20FN3O4S. The first-order valence-corrected chi connectivity index (χ1v) is 10.7. The maximum Gasteiger partial charge on any atom is 0.255 e. The highest BCUT2D eigenvalue weighted by Crippen LogP contribution is 2.15. The van der Waals surface area contributed by atoms with Crippen molar-refractivity contribution in [1.82, 2.24) is 4.72 Å². The lowest BCUT2D eigenvalue weighted by Gasteiger charge is -2.09. The second-order valence-electron chi connectivity index (χ2n) is 6.69. The molecule has 160 valence electrons. The molecule has 7 nitrogen and oxygen atoms in total. The minimum absolute atomic E-state index is 0.0373. The zero-order valence-corrected chi connectivity index (χ0v) is 17.4. The van der Waals surface area contributed by atoms with Gasteiger partial charge in [-0.1, -0.05) is 12.1 Å². The Morgan fingerprint density at radius 3 is 1.94 bits per heavy atom. The molecule has 9 heteroatoms. The minimum Gasteiger partial charge on any atom is -0.326 e. The van der Waals surface area contributed by atoms with Crippen molar-refractivity contribution in [2.24, 2.45) is 0 Å². The van der Waals surface area contributed by atoms with Gasteiger partial charge in [0.15, 0.2) is 0 Å². The van der Waals surface area contributed by atoms with E-state index in [9.17, 15) is 22.4 Å². The molecule has 0 bridgehead atoms. The number of sulfonamides is 1. The highest BCUT2D eigenvalue weighted by atomic mass is 32.2. The van der Waals surface area contributed by atoms with Gasteiger partial charge in [-0.2, -0.15) is 0 Å². The first-order valence-electron chi connectivity index (χ1n) is 9.26. The molecule has 0 aromatic heterocycles. The summed E-state index contributed by atoms with van der Waals surface area (Å²) in [5, 5.41) is 5.23. The first-order chi connectivity index (χ1) is 14.7. The molecule has 0 saturated heterocycles. The van der Waals surface area contributed by atoms with Crippen molar-refractivity contribution in [2.45, 2.75) is 18.4 Å². The van der Waals surface area contributed by atoms with E-state index in [2.05, 4.69) is 15.4 Å². The van der Waals surface area contributed by atoms with Crippen LogP contribution in [0.1, 0.15) is 22.8 Å². The molecule has 3 N–H and O–H groups in total. The van der Waals surface area contributed by atoms with E-state index in [-0.39, 0.29) is 23.3 Å². The normalized spacial score (nSPS) is 11.0. The third-order valence-electron chi connectivity index (χ3n) is 4.27. The summed E-state index contributed by atoms with van der Waals surface area (Å²) < 4.78 is 40.3. The summed E-state index contributed by atoms with van der Waals surface area (Å²) in [6.07, 6.45) is 0. The van der Waals surface area contributed by atoms with Gasteiger partial charge in [-0.05, 0) is 66.2 Å². The lowest BCUT2D eigenvalue weighted by atomic mass is 10.1. The van der Waals surface area contributed by atoms with Gasteiger partial charge in [0.1, 0.15) is 5.82 Å². The highest BCUT2D eigenvalue weighted by Gasteiger charge is 2.14. The van der Waals surface area contributed by atoms with Gasteiger partial charge in [0.2, 0.25) is 15.9 Å². The monoisotopic (exact) mass is 441 g/mol. The van der Waals surface area contributed by atoms with Gasteiger partial charge in [-0.25, -0.2) is 17.5 Å². The van der Waals surface area contributed by atoms with E-state index in [1.807, 2.05) is 0 Å². The van der Waals surface area contributed by atoms with E-state index in [4.69, 9.17) is 0 Å². The Morgan fingerprint density at radius 1 is 0.806 bits per heavy atom. The van der Waals surface area contributed by atoms with Crippen molar-refractivity contribution in [2.75, 3.05) is 10.6 Å². The van der Waals surface area contributed by atoms with Gasteiger partial charge < -0.3 is 10.6 Å².